The molecule has 1 heterocycles. The van der Waals surface area contributed by atoms with E-state index in [1.54, 1.807) is 7.11 Å². The first-order chi connectivity index (χ1) is 12.2. The molecule has 0 spiro atoms. The summed E-state index contributed by atoms with van der Waals surface area (Å²) in [6.45, 7) is 4.90. The van der Waals surface area contributed by atoms with Gasteiger partial charge < -0.3 is 14.4 Å². The molecule has 1 fully saturated rings. The summed E-state index contributed by atoms with van der Waals surface area (Å²) in [6.07, 6.45) is 0. The summed E-state index contributed by atoms with van der Waals surface area (Å²) < 4.78 is 10.0. The van der Waals surface area contributed by atoms with Crippen LogP contribution in [0.2, 0.25) is 0 Å². The summed E-state index contributed by atoms with van der Waals surface area (Å²) in [6, 6.07) is 15.9. The summed E-state index contributed by atoms with van der Waals surface area (Å²) >= 11 is 0. The number of anilines is 1. The van der Waals surface area contributed by atoms with Gasteiger partial charge in [0.25, 0.3) is 0 Å². The lowest BCUT2D eigenvalue weighted by Gasteiger charge is -2.36. The standard InChI is InChI=1S/C20H24N2O3/c1-24-19-5-3-4-18(14-19)22-12-10-21(11-13-22)15-16-6-8-17(9-7-16)20(23)25-2/h3-9,14H,10-13,15H2,1-2H3. The van der Waals surface area contributed by atoms with E-state index >= 15 is 0 Å². The molecule has 0 N–H and O–H groups in total. The van der Waals surface area contributed by atoms with Gasteiger partial charge in [-0.15, -0.1) is 0 Å². The van der Waals surface area contributed by atoms with E-state index in [4.69, 9.17) is 9.47 Å². The van der Waals surface area contributed by atoms with Crippen LogP contribution in [0.3, 0.4) is 0 Å². The highest BCUT2D eigenvalue weighted by atomic mass is 16.5. The van der Waals surface area contributed by atoms with Crippen molar-refractivity contribution in [2.75, 3.05) is 45.3 Å². The van der Waals surface area contributed by atoms with E-state index in [2.05, 4.69) is 21.9 Å². The van der Waals surface area contributed by atoms with E-state index in [1.165, 1.54) is 18.4 Å². The monoisotopic (exact) mass is 340 g/mol. The van der Waals surface area contributed by atoms with Gasteiger partial charge in [-0.2, -0.15) is 0 Å². The molecular weight excluding hydrogens is 316 g/mol. The minimum Gasteiger partial charge on any atom is -0.497 e. The Morgan fingerprint density at radius 2 is 1.72 bits per heavy atom. The Morgan fingerprint density at radius 3 is 2.36 bits per heavy atom. The molecule has 3 rings (SSSR count). The van der Waals surface area contributed by atoms with Crippen molar-refractivity contribution in [2.24, 2.45) is 0 Å². The topological polar surface area (TPSA) is 42.0 Å². The van der Waals surface area contributed by atoms with Crippen LogP contribution in [-0.2, 0) is 11.3 Å². The lowest BCUT2D eigenvalue weighted by molar-refractivity contribution is 0.0600. The molecule has 5 nitrogen and oxygen atoms in total. The molecule has 1 aliphatic rings. The van der Waals surface area contributed by atoms with Gasteiger partial charge in [-0.25, -0.2) is 4.79 Å². The van der Waals surface area contributed by atoms with Gasteiger partial charge in [0.15, 0.2) is 0 Å². The van der Waals surface area contributed by atoms with Crippen molar-refractivity contribution in [1.29, 1.82) is 0 Å². The maximum Gasteiger partial charge on any atom is 0.337 e. The van der Waals surface area contributed by atoms with Crippen molar-refractivity contribution in [3.05, 3.63) is 59.7 Å². The molecule has 2 aromatic rings. The smallest absolute Gasteiger partial charge is 0.337 e. The summed E-state index contributed by atoms with van der Waals surface area (Å²) in [5.74, 6) is 0.601. The van der Waals surface area contributed by atoms with Crippen LogP contribution in [0, 0.1) is 0 Å². The molecule has 0 bridgehead atoms. The predicted molar refractivity (Wildman–Crippen MR) is 98.3 cm³/mol. The van der Waals surface area contributed by atoms with E-state index in [0.717, 1.165) is 38.5 Å². The molecule has 1 aliphatic heterocycles. The SMILES string of the molecule is COC(=O)c1ccc(CN2CCN(c3cccc(OC)c3)CC2)cc1. The number of methoxy groups -OCH3 is 2. The van der Waals surface area contributed by atoms with Gasteiger partial charge in [-0.1, -0.05) is 18.2 Å². The molecule has 2 aromatic carbocycles. The zero-order valence-electron chi connectivity index (χ0n) is 14.8. The van der Waals surface area contributed by atoms with Crippen LogP contribution in [0.1, 0.15) is 15.9 Å². The first-order valence-electron chi connectivity index (χ1n) is 8.48. The third-order valence-corrected chi connectivity index (χ3v) is 4.57. The third-order valence-electron chi connectivity index (χ3n) is 4.57. The van der Waals surface area contributed by atoms with Gasteiger partial charge in [0, 0.05) is 44.5 Å². The molecule has 0 aromatic heterocycles. The molecular formula is C20H24N2O3. The number of esters is 1. The number of nitrogens with zero attached hydrogens (tertiary/aromatic N) is 2. The van der Waals surface area contributed by atoms with Crippen LogP contribution in [0.25, 0.3) is 0 Å². The Bertz CT molecular complexity index is 707. The fourth-order valence-electron chi connectivity index (χ4n) is 3.09. The highest BCUT2D eigenvalue weighted by Crippen LogP contribution is 2.22. The third kappa shape index (κ3) is 4.31. The Kier molecular flexibility index (Phi) is 5.56. The fraction of sp³-hybridized carbons (Fsp3) is 0.350. The lowest BCUT2D eigenvalue weighted by atomic mass is 10.1. The van der Waals surface area contributed by atoms with Gasteiger partial charge in [0.1, 0.15) is 5.75 Å². The second kappa shape index (κ2) is 8.03. The average Bonchev–Trinajstić information content (AvgIpc) is 2.68. The Labute approximate surface area is 148 Å². The van der Waals surface area contributed by atoms with Crippen molar-refractivity contribution in [2.45, 2.75) is 6.54 Å². The van der Waals surface area contributed by atoms with Crippen molar-refractivity contribution >= 4 is 11.7 Å². The molecule has 25 heavy (non-hydrogen) atoms. The molecule has 0 radical (unpaired) electrons. The van der Waals surface area contributed by atoms with E-state index in [-0.39, 0.29) is 5.97 Å². The zero-order valence-corrected chi connectivity index (χ0v) is 14.8. The largest absolute Gasteiger partial charge is 0.497 e. The first-order valence-corrected chi connectivity index (χ1v) is 8.48. The highest BCUT2D eigenvalue weighted by Gasteiger charge is 2.17. The fourth-order valence-corrected chi connectivity index (χ4v) is 3.09. The quantitative estimate of drug-likeness (QED) is 0.783. The molecule has 0 unspecified atom stereocenters. The van der Waals surface area contributed by atoms with Crippen LogP contribution in [0.4, 0.5) is 5.69 Å². The molecule has 5 heteroatoms. The van der Waals surface area contributed by atoms with Crippen molar-refractivity contribution < 1.29 is 14.3 Å². The summed E-state index contributed by atoms with van der Waals surface area (Å²) in [5, 5.41) is 0. The molecule has 0 amide bonds. The average molecular weight is 340 g/mol. The van der Waals surface area contributed by atoms with Crippen LogP contribution in [0.5, 0.6) is 5.75 Å². The highest BCUT2D eigenvalue weighted by molar-refractivity contribution is 5.89. The van der Waals surface area contributed by atoms with Crippen LogP contribution >= 0.6 is 0 Å². The molecule has 132 valence electrons. The van der Waals surface area contributed by atoms with E-state index in [0.29, 0.717) is 5.56 Å². The molecule has 1 saturated heterocycles. The summed E-state index contributed by atoms with van der Waals surface area (Å²) in [7, 11) is 3.10. The molecule has 0 atom stereocenters. The summed E-state index contributed by atoms with van der Waals surface area (Å²) in [4.78, 5) is 16.3. The number of carbonyl (C=O) groups excluding carboxylic acids is 1. The Morgan fingerprint density at radius 1 is 1.00 bits per heavy atom. The minimum absolute atomic E-state index is 0.293. The Hall–Kier alpha value is -2.53. The Balaban J connectivity index is 1.54. The minimum atomic E-state index is -0.293. The number of rotatable bonds is 5. The molecule has 0 aliphatic carbocycles. The number of hydrogen-bond donors (Lipinski definition) is 0. The number of ether oxygens (including phenoxy) is 2. The first kappa shape index (κ1) is 17.3. The molecule has 0 saturated carbocycles. The normalized spacial score (nSPS) is 15.0. The van der Waals surface area contributed by atoms with Gasteiger partial charge >= 0.3 is 5.97 Å². The van der Waals surface area contributed by atoms with Gasteiger partial charge in [-0.3, -0.25) is 4.90 Å². The van der Waals surface area contributed by atoms with Gasteiger partial charge in [0.05, 0.1) is 19.8 Å². The van der Waals surface area contributed by atoms with Crippen molar-refractivity contribution in [1.82, 2.24) is 4.90 Å². The van der Waals surface area contributed by atoms with Gasteiger partial charge in [-0.05, 0) is 29.8 Å². The van der Waals surface area contributed by atoms with Crippen molar-refractivity contribution in [3.8, 4) is 5.75 Å². The lowest BCUT2D eigenvalue weighted by Crippen LogP contribution is -2.45. The zero-order chi connectivity index (χ0) is 17.6. The number of hydrogen-bond acceptors (Lipinski definition) is 5. The summed E-state index contributed by atoms with van der Waals surface area (Å²) in [5.41, 5.74) is 3.01. The second-order valence-corrected chi connectivity index (χ2v) is 6.15. The van der Waals surface area contributed by atoms with Gasteiger partial charge in [0.2, 0.25) is 0 Å². The predicted octanol–water partition coefficient (Wildman–Crippen LogP) is 2.80. The number of benzene rings is 2. The maximum atomic E-state index is 11.5. The van der Waals surface area contributed by atoms with E-state index < -0.39 is 0 Å². The van der Waals surface area contributed by atoms with Crippen molar-refractivity contribution in [3.63, 3.8) is 0 Å². The van der Waals surface area contributed by atoms with Crippen LogP contribution in [-0.4, -0.2) is 51.3 Å². The maximum absolute atomic E-state index is 11.5. The second-order valence-electron chi connectivity index (χ2n) is 6.15. The van der Waals surface area contributed by atoms with Crippen LogP contribution in [0.15, 0.2) is 48.5 Å². The number of carbonyl (C=O) groups is 1. The van der Waals surface area contributed by atoms with Crippen LogP contribution < -0.4 is 9.64 Å². The van der Waals surface area contributed by atoms with E-state index in [1.807, 2.05) is 36.4 Å². The van der Waals surface area contributed by atoms with E-state index in [9.17, 15) is 4.79 Å². The number of piperazine rings is 1.